The van der Waals surface area contributed by atoms with E-state index in [0.29, 0.717) is 18.9 Å². The largest absolute Gasteiger partial charge is 0.494 e. The first-order valence-electron chi connectivity index (χ1n) is 10.2. The maximum atomic E-state index is 9.55. The molecule has 0 aliphatic carbocycles. The lowest BCUT2D eigenvalue weighted by Crippen LogP contribution is -2.01. The molecule has 4 rings (SSSR count). The van der Waals surface area contributed by atoms with Gasteiger partial charge >= 0.3 is 0 Å². The number of benzene rings is 2. The van der Waals surface area contributed by atoms with Crippen molar-refractivity contribution in [3.05, 3.63) is 90.0 Å². The molecule has 0 atom stereocenters. The molecule has 0 spiro atoms. The van der Waals surface area contributed by atoms with Crippen molar-refractivity contribution < 1.29 is 4.74 Å². The van der Waals surface area contributed by atoms with Gasteiger partial charge in [-0.1, -0.05) is 24.3 Å². The van der Waals surface area contributed by atoms with Crippen molar-refractivity contribution in [3.8, 4) is 35.0 Å². The normalized spacial score (nSPS) is 10.3. The monoisotopic (exact) mass is 420 g/mol. The molecule has 4 aromatic rings. The summed E-state index contributed by atoms with van der Waals surface area (Å²) in [6.07, 6.45) is 5.31. The molecule has 0 bridgehead atoms. The van der Waals surface area contributed by atoms with Crippen LogP contribution in [-0.4, -0.2) is 26.4 Å². The van der Waals surface area contributed by atoms with E-state index < -0.39 is 0 Å². The van der Waals surface area contributed by atoms with Crippen LogP contribution in [0.4, 0.5) is 0 Å². The minimum absolute atomic E-state index is 0.221. The Balaban J connectivity index is 1.50. The molecule has 156 valence electrons. The van der Waals surface area contributed by atoms with Crippen molar-refractivity contribution in [2.75, 3.05) is 6.61 Å². The predicted octanol–water partition coefficient (Wildman–Crippen LogP) is 4.47. The quantitative estimate of drug-likeness (QED) is 0.390. The van der Waals surface area contributed by atoms with E-state index in [-0.39, 0.29) is 5.82 Å². The maximum absolute atomic E-state index is 9.55. The van der Waals surface area contributed by atoms with E-state index in [1.54, 1.807) is 17.1 Å². The van der Waals surface area contributed by atoms with Crippen molar-refractivity contribution in [2.45, 2.75) is 19.3 Å². The fourth-order valence-electron chi connectivity index (χ4n) is 3.26. The Bertz CT molecular complexity index is 1270. The van der Waals surface area contributed by atoms with E-state index in [0.717, 1.165) is 41.0 Å². The number of pyridine rings is 1. The van der Waals surface area contributed by atoms with E-state index in [4.69, 9.17) is 10.00 Å². The second-order valence-corrected chi connectivity index (χ2v) is 7.13. The van der Waals surface area contributed by atoms with Crippen molar-refractivity contribution >= 4 is 0 Å². The van der Waals surface area contributed by atoms with Gasteiger partial charge in [0.25, 0.3) is 0 Å². The molecular weight excluding hydrogens is 400 g/mol. The van der Waals surface area contributed by atoms with Crippen molar-refractivity contribution in [2.24, 2.45) is 0 Å². The Morgan fingerprint density at radius 1 is 0.969 bits per heavy atom. The number of rotatable bonds is 8. The Labute approximate surface area is 186 Å². The zero-order valence-electron chi connectivity index (χ0n) is 17.3. The van der Waals surface area contributed by atoms with Crippen LogP contribution >= 0.6 is 0 Å². The number of aromatic nitrogens is 4. The minimum atomic E-state index is 0.221. The Morgan fingerprint density at radius 3 is 2.59 bits per heavy atom. The highest BCUT2D eigenvalue weighted by Gasteiger charge is 2.13. The van der Waals surface area contributed by atoms with Gasteiger partial charge in [-0.05, 0) is 60.4 Å². The molecule has 0 saturated heterocycles. The van der Waals surface area contributed by atoms with Gasteiger partial charge in [-0.3, -0.25) is 4.98 Å². The summed E-state index contributed by atoms with van der Waals surface area (Å²) in [5.41, 5.74) is 3.77. The first kappa shape index (κ1) is 20.8. The second kappa shape index (κ2) is 10.0. The first-order chi connectivity index (χ1) is 15.8. The van der Waals surface area contributed by atoms with Gasteiger partial charge in [-0.25, -0.2) is 4.68 Å². The number of hydrogen-bond acceptors (Lipinski definition) is 6. The number of nitriles is 2. The van der Waals surface area contributed by atoms with E-state index in [2.05, 4.69) is 27.2 Å². The van der Waals surface area contributed by atoms with Crippen LogP contribution in [-0.2, 0) is 6.42 Å². The fourth-order valence-corrected chi connectivity index (χ4v) is 3.26. The lowest BCUT2D eigenvalue weighted by Gasteiger charge is -2.08. The summed E-state index contributed by atoms with van der Waals surface area (Å²) in [6, 6.07) is 23.8. The predicted molar refractivity (Wildman–Crippen MR) is 119 cm³/mol. The van der Waals surface area contributed by atoms with Gasteiger partial charge in [0.1, 0.15) is 11.8 Å². The van der Waals surface area contributed by atoms with Gasteiger partial charge in [-0.15, -0.1) is 5.10 Å². The van der Waals surface area contributed by atoms with Gasteiger partial charge in [0.15, 0.2) is 5.82 Å². The molecule has 7 heteroatoms. The summed E-state index contributed by atoms with van der Waals surface area (Å²) in [6.45, 7) is 0.537. The molecule has 0 unspecified atom stereocenters. The fraction of sp³-hybridized carbons (Fsp3) is 0.160. The van der Waals surface area contributed by atoms with Crippen LogP contribution in [0.2, 0.25) is 0 Å². The van der Waals surface area contributed by atoms with Gasteiger partial charge in [0, 0.05) is 24.4 Å². The Morgan fingerprint density at radius 2 is 1.84 bits per heavy atom. The summed E-state index contributed by atoms with van der Waals surface area (Å²) in [7, 11) is 0. The molecule has 0 fully saturated rings. The van der Waals surface area contributed by atoms with Crippen molar-refractivity contribution in [3.63, 3.8) is 0 Å². The molecular formula is C25H20N6O. The van der Waals surface area contributed by atoms with Gasteiger partial charge in [0.05, 0.1) is 18.4 Å². The molecule has 2 aromatic heterocycles. The van der Waals surface area contributed by atoms with E-state index in [9.17, 15) is 5.26 Å². The van der Waals surface area contributed by atoms with E-state index >= 15 is 0 Å². The third-order valence-electron chi connectivity index (χ3n) is 4.82. The molecule has 0 saturated carbocycles. The van der Waals surface area contributed by atoms with E-state index in [1.165, 1.54) is 0 Å². The summed E-state index contributed by atoms with van der Waals surface area (Å²) in [5, 5.41) is 22.7. The SMILES string of the molecule is N#CCCCOc1ccc(Cc2cccc(-n3nc(-c4cccnc4)nc3C#N)c2)cc1. The van der Waals surface area contributed by atoms with Crippen LogP contribution in [0.3, 0.4) is 0 Å². The van der Waals surface area contributed by atoms with Crippen LogP contribution in [0.25, 0.3) is 17.1 Å². The standard InChI is InChI=1S/C25H20N6O/c26-12-1-2-14-32-23-10-8-19(9-11-23)15-20-5-3-7-22(16-20)31-24(17-27)29-25(30-31)21-6-4-13-28-18-21/h3-11,13,16,18H,1-2,14-15H2. The van der Waals surface area contributed by atoms with Crippen molar-refractivity contribution in [1.29, 1.82) is 10.5 Å². The second-order valence-electron chi connectivity index (χ2n) is 7.13. The highest BCUT2D eigenvalue weighted by Crippen LogP contribution is 2.20. The molecule has 2 aromatic carbocycles. The van der Waals surface area contributed by atoms with Crippen LogP contribution in [0, 0.1) is 22.7 Å². The number of unbranched alkanes of at least 4 members (excludes halogenated alkanes) is 1. The molecule has 0 aliphatic rings. The zero-order valence-corrected chi connectivity index (χ0v) is 17.3. The van der Waals surface area contributed by atoms with Gasteiger partial charge < -0.3 is 4.74 Å². The van der Waals surface area contributed by atoms with E-state index in [1.807, 2.05) is 60.7 Å². The van der Waals surface area contributed by atoms with Crippen LogP contribution in [0.5, 0.6) is 5.75 Å². The third-order valence-corrected chi connectivity index (χ3v) is 4.82. The molecule has 0 radical (unpaired) electrons. The molecule has 0 amide bonds. The Hall–Kier alpha value is -4.49. The third kappa shape index (κ3) is 4.97. The molecule has 0 N–H and O–H groups in total. The van der Waals surface area contributed by atoms with Crippen LogP contribution in [0.15, 0.2) is 73.1 Å². The average molecular weight is 420 g/mol. The molecule has 32 heavy (non-hydrogen) atoms. The van der Waals surface area contributed by atoms with Crippen LogP contribution in [0.1, 0.15) is 29.8 Å². The molecule has 0 aliphatic heterocycles. The lowest BCUT2D eigenvalue weighted by molar-refractivity contribution is 0.312. The number of hydrogen-bond donors (Lipinski definition) is 0. The molecule has 7 nitrogen and oxygen atoms in total. The summed E-state index contributed by atoms with van der Waals surface area (Å²) in [4.78, 5) is 8.45. The first-order valence-corrected chi connectivity index (χ1v) is 10.2. The minimum Gasteiger partial charge on any atom is -0.494 e. The highest BCUT2D eigenvalue weighted by atomic mass is 16.5. The maximum Gasteiger partial charge on any atom is 0.236 e. The van der Waals surface area contributed by atoms with Crippen molar-refractivity contribution in [1.82, 2.24) is 19.7 Å². The highest BCUT2D eigenvalue weighted by molar-refractivity contribution is 5.54. The molecule has 2 heterocycles. The summed E-state index contributed by atoms with van der Waals surface area (Å²) in [5.74, 6) is 1.48. The Kier molecular flexibility index (Phi) is 6.50. The number of nitrogens with zero attached hydrogens (tertiary/aromatic N) is 6. The summed E-state index contributed by atoms with van der Waals surface area (Å²) >= 11 is 0. The number of ether oxygens (including phenoxy) is 1. The van der Waals surface area contributed by atoms with Gasteiger partial charge in [0.2, 0.25) is 5.82 Å². The topological polar surface area (TPSA) is 100 Å². The zero-order chi connectivity index (χ0) is 22.2. The van der Waals surface area contributed by atoms with Crippen LogP contribution < -0.4 is 4.74 Å². The average Bonchev–Trinajstić information content (AvgIpc) is 3.28. The van der Waals surface area contributed by atoms with Gasteiger partial charge in [-0.2, -0.15) is 15.5 Å². The smallest absolute Gasteiger partial charge is 0.236 e. The summed E-state index contributed by atoms with van der Waals surface area (Å²) < 4.78 is 7.21. The lowest BCUT2D eigenvalue weighted by atomic mass is 10.0.